The van der Waals surface area contributed by atoms with Crippen LogP contribution in [0.15, 0.2) is 16.8 Å². The highest BCUT2D eigenvalue weighted by molar-refractivity contribution is 6.00. The van der Waals surface area contributed by atoms with Gasteiger partial charge >= 0.3 is 0 Å². The largest absolute Gasteiger partial charge is 0.337 e. The van der Waals surface area contributed by atoms with Gasteiger partial charge in [0.2, 0.25) is 5.89 Å². The van der Waals surface area contributed by atoms with E-state index in [0.29, 0.717) is 11.7 Å². The average Bonchev–Trinajstić information content (AvgIpc) is 3.08. The summed E-state index contributed by atoms with van der Waals surface area (Å²) in [6.07, 6.45) is 3.76. The standard InChI is InChI=1S/C11H14N6O2/c1-17-6-4-8(15-17)13-10(18)9-14-11(19-16-9)7-3-2-5-12-7/h4,6-7,12H,2-3,5H2,1H3,(H,13,15,18). The monoisotopic (exact) mass is 262 g/mol. The summed E-state index contributed by atoms with van der Waals surface area (Å²) in [5.74, 6) is 0.516. The molecule has 0 aromatic carbocycles. The normalized spacial score (nSPS) is 18.7. The molecule has 0 aliphatic carbocycles. The van der Waals surface area contributed by atoms with Gasteiger partial charge in [0, 0.05) is 19.3 Å². The zero-order valence-corrected chi connectivity index (χ0v) is 10.5. The van der Waals surface area contributed by atoms with Crippen molar-refractivity contribution in [3.63, 3.8) is 0 Å². The Bertz CT molecular complexity index is 584. The molecule has 0 saturated carbocycles. The van der Waals surface area contributed by atoms with E-state index in [-0.39, 0.29) is 11.9 Å². The summed E-state index contributed by atoms with van der Waals surface area (Å²) in [7, 11) is 1.77. The van der Waals surface area contributed by atoms with Crippen LogP contribution in [0.25, 0.3) is 0 Å². The molecule has 1 aliphatic rings. The first-order valence-electron chi connectivity index (χ1n) is 6.10. The number of hydrogen-bond acceptors (Lipinski definition) is 6. The van der Waals surface area contributed by atoms with Crippen LogP contribution in [-0.2, 0) is 7.05 Å². The number of carbonyl (C=O) groups excluding carboxylic acids is 1. The molecule has 2 aromatic rings. The Labute approximate surface area is 109 Å². The Hall–Kier alpha value is -2.22. The average molecular weight is 262 g/mol. The van der Waals surface area contributed by atoms with Crippen LogP contribution < -0.4 is 10.6 Å². The fourth-order valence-corrected chi connectivity index (χ4v) is 2.02. The van der Waals surface area contributed by atoms with E-state index in [1.54, 1.807) is 24.0 Å². The van der Waals surface area contributed by atoms with Crippen LogP contribution >= 0.6 is 0 Å². The van der Waals surface area contributed by atoms with Crippen molar-refractivity contribution in [1.29, 1.82) is 0 Å². The topological polar surface area (TPSA) is 97.9 Å². The van der Waals surface area contributed by atoms with Gasteiger partial charge in [-0.15, -0.1) is 0 Å². The number of hydrogen-bond donors (Lipinski definition) is 2. The smallest absolute Gasteiger partial charge is 0.298 e. The summed E-state index contributed by atoms with van der Waals surface area (Å²) in [4.78, 5) is 16.0. The summed E-state index contributed by atoms with van der Waals surface area (Å²) in [6, 6.07) is 1.75. The Kier molecular flexibility index (Phi) is 3.00. The molecule has 0 radical (unpaired) electrons. The molecular weight excluding hydrogens is 248 g/mol. The van der Waals surface area contributed by atoms with E-state index in [1.165, 1.54) is 0 Å². The maximum Gasteiger partial charge on any atom is 0.298 e. The van der Waals surface area contributed by atoms with Crippen molar-refractivity contribution in [3.05, 3.63) is 24.0 Å². The van der Waals surface area contributed by atoms with Gasteiger partial charge in [0.1, 0.15) is 0 Å². The third-order valence-electron chi connectivity index (χ3n) is 2.96. The SMILES string of the molecule is Cn1ccc(NC(=O)c2noc(C3CCCN3)n2)n1. The van der Waals surface area contributed by atoms with Crippen molar-refractivity contribution in [1.82, 2.24) is 25.2 Å². The third-order valence-corrected chi connectivity index (χ3v) is 2.96. The minimum Gasteiger partial charge on any atom is -0.337 e. The van der Waals surface area contributed by atoms with Crippen molar-refractivity contribution < 1.29 is 9.32 Å². The Morgan fingerprint density at radius 2 is 2.53 bits per heavy atom. The maximum atomic E-state index is 11.9. The zero-order chi connectivity index (χ0) is 13.2. The van der Waals surface area contributed by atoms with Crippen molar-refractivity contribution in [2.45, 2.75) is 18.9 Å². The van der Waals surface area contributed by atoms with Crippen LogP contribution in [0, 0.1) is 0 Å². The summed E-state index contributed by atoms with van der Waals surface area (Å²) in [6.45, 7) is 0.933. The van der Waals surface area contributed by atoms with Crippen LogP contribution in [0.3, 0.4) is 0 Å². The Morgan fingerprint density at radius 1 is 1.63 bits per heavy atom. The van der Waals surface area contributed by atoms with Crippen molar-refractivity contribution in [2.75, 3.05) is 11.9 Å². The molecule has 1 saturated heterocycles. The summed E-state index contributed by atoms with van der Waals surface area (Å²) in [5.41, 5.74) is 0. The van der Waals surface area contributed by atoms with Gasteiger partial charge in [0.05, 0.1) is 6.04 Å². The summed E-state index contributed by atoms with van der Waals surface area (Å²) >= 11 is 0. The second-order valence-electron chi connectivity index (χ2n) is 4.43. The summed E-state index contributed by atoms with van der Waals surface area (Å²) < 4.78 is 6.70. The number of nitrogens with zero attached hydrogens (tertiary/aromatic N) is 4. The highest BCUT2D eigenvalue weighted by Crippen LogP contribution is 2.21. The van der Waals surface area contributed by atoms with E-state index < -0.39 is 5.91 Å². The molecule has 3 rings (SSSR count). The third kappa shape index (κ3) is 2.48. The highest BCUT2D eigenvalue weighted by atomic mass is 16.5. The molecule has 0 bridgehead atoms. The molecule has 0 spiro atoms. The van der Waals surface area contributed by atoms with E-state index >= 15 is 0 Å². The van der Waals surface area contributed by atoms with E-state index in [0.717, 1.165) is 19.4 Å². The van der Waals surface area contributed by atoms with Crippen molar-refractivity contribution in [2.24, 2.45) is 7.05 Å². The number of nitrogens with one attached hydrogen (secondary N) is 2. The number of aromatic nitrogens is 4. The molecule has 1 amide bonds. The molecule has 8 nitrogen and oxygen atoms in total. The second-order valence-corrected chi connectivity index (χ2v) is 4.43. The molecule has 3 heterocycles. The van der Waals surface area contributed by atoms with E-state index in [1.807, 2.05) is 0 Å². The lowest BCUT2D eigenvalue weighted by atomic mass is 10.2. The zero-order valence-electron chi connectivity index (χ0n) is 10.5. The first kappa shape index (κ1) is 11.8. The van der Waals surface area contributed by atoms with E-state index in [4.69, 9.17) is 4.52 Å². The summed E-state index contributed by atoms with van der Waals surface area (Å²) in [5, 5.41) is 13.6. The van der Waals surface area contributed by atoms with Gasteiger partial charge in [-0.3, -0.25) is 9.48 Å². The van der Waals surface area contributed by atoms with Gasteiger partial charge in [-0.05, 0) is 19.4 Å². The number of amides is 1. The van der Waals surface area contributed by atoms with Crippen LogP contribution in [0.1, 0.15) is 35.4 Å². The molecule has 2 N–H and O–H groups in total. The maximum absolute atomic E-state index is 11.9. The van der Waals surface area contributed by atoms with Gasteiger partial charge < -0.3 is 15.2 Å². The van der Waals surface area contributed by atoms with Crippen molar-refractivity contribution in [3.8, 4) is 0 Å². The molecule has 2 aromatic heterocycles. The minimum absolute atomic E-state index is 0.0225. The predicted molar refractivity (Wildman–Crippen MR) is 65.4 cm³/mol. The lowest BCUT2D eigenvalue weighted by Gasteiger charge is -2.01. The fraction of sp³-hybridized carbons (Fsp3) is 0.455. The first-order valence-corrected chi connectivity index (χ1v) is 6.10. The molecule has 8 heteroatoms. The fourth-order valence-electron chi connectivity index (χ4n) is 2.02. The molecule has 1 atom stereocenters. The lowest BCUT2D eigenvalue weighted by molar-refractivity contribution is 0.101. The number of carbonyl (C=O) groups is 1. The molecule has 100 valence electrons. The van der Waals surface area contributed by atoms with Gasteiger partial charge in [0.15, 0.2) is 5.82 Å². The minimum atomic E-state index is -0.424. The van der Waals surface area contributed by atoms with Gasteiger partial charge in [0.25, 0.3) is 11.7 Å². The molecule has 1 unspecified atom stereocenters. The van der Waals surface area contributed by atoms with Crippen LogP contribution in [0.5, 0.6) is 0 Å². The molecule has 1 aliphatic heterocycles. The number of aryl methyl sites for hydroxylation is 1. The predicted octanol–water partition coefficient (Wildman–Crippen LogP) is 0.480. The quantitative estimate of drug-likeness (QED) is 0.835. The van der Waals surface area contributed by atoms with E-state index in [9.17, 15) is 4.79 Å². The Balaban J connectivity index is 1.69. The van der Waals surface area contributed by atoms with Crippen molar-refractivity contribution >= 4 is 11.7 Å². The van der Waals surface area contributed by atoms with E-state index in [2.05, 4.69) is 25.9 Å². The number of rotatable bonds is 3. The molecular formula is C11H14N6O2. The van der Waals surface area contributed by atoms with Crippen LogP contribution in [-0.4, -0.2) is 32.4 Å². The lowest BCUT2D eigenvalue weighted by Crippen LogP contribution is -2.16. The Morgan fingerprint density at radius 3 is 3.21 bits per heavy atom. The molecule has 1 fully saturated rings. The van der Waals surface area contributed by atoms with Gasteiger partial charge in [-0.2, -0.15) is 10.1 Å². The first-order chi connectivity index (χ1) is 9.22. The van der Waals surface area contributed by atoms with Gasteiger partial charge in [-0.25, -0.2) is 0 Å². The van der Waals surface area contributed by atoms with Crippen LogP contribution in [0.2, 0.25) is 0 Å². The second kappa shape index (κ2) is 4.81. The van der Waals surface area contributed by atoms with Gasteiger partial charge in [-0.1, -0.05) is 5.16 Å². The highest BCUT2D eigenvalue weighted by Gasteiger charge is 2.24. The van der Waals surface area contributed by atoms with Crippen LogP contribution in [0.4, 0.5) is 5.82 Å². The number of anilines is 1. The molecule has 19 heavy (non-hydrogen) atoms.